The van der Waals surface area contributed by atoms with Crippen molar-refractivity contribution in [3.8, 4) is 0 Å². The largest absolute Gasteiger partial charge is 0.302 e. The highest BCUT2D eigenvalue weighted by molar-refractivity contribution is 7.80. The third-order valence-corrected chi connectivity index (χ3v) is 5.48. The van der Waals surface area contributed by atoms with Gasteiger partial charge < -0.3 is 10.6 Å². The molecule has 4 nitrogen and oxygen atoms in total. The first kappa shape index (κ1) is 22.8. The predicted molar refractivity (Wildman–Crippen MR) is 112 cm³/mol. The van der Waals surface area contributed by atoms with E-state index >= 15 is 0 Å². The fourth-order valence-corrected chi connectivity index (χ4v) is 3.79. The summed E-state index contributed by atoms with van der Waals surface area (Å²) in [6, 6.07) is 0. The predicted octanol–water partition coefficient (Wildman–Crippen LogP) is 5.17. The van der Waals surface area contributed by atoms with E-state index in [0.29, 0.717) is 12.8 Å². The van der Waals surface area contributed by atoms with Gasteiger partial charge >= 0.3 is 0 Å². The topological polar surface area (TPSA) is 58.2 Å². The Morgan fingerprint density at radius 2 is 1.27 bits per heavy atom. The second-order valence-corrected chi connectivity index (χ2v) is 7.86. The fraction of sp³-hybridized carbons (Fsp3) is 0.762. The van der Waals surface area contributed by atoms with Crippen LogP contribution in [-0.2, 0) is 9.59 Å². The molecule has 2 N–H and O–H groups in total. The molecule has 0 atom stereocenters. The van der Waals surface area contributed by atoms with Crippen molar-refractivity contribution in [2.45, 2.75) is 96.8 Å². The van der Waals surface area contributed by atoms with Gasteiger partial charge in [-0.15, -0.1) is 6.58 Å². The quantitative estimate of drug-likeness (QED) is 0.178. The van der Waals surface area contributed by atoms with Gasteiger partial charge in [0.05, 0.1) is 0 Å². The van der Waals surface area contributed by atoms with Gasteiger partial charge in [0, 0.05) is 0 Å². The minimum atomic E-state index is -1.04. The molecule has 1 saturated heterocycles. The molecule has 0 saturated carbocycles. The molecule has 1 fully saturated rings. The first-order valence-corrected chi connectivity index (χ1v) is 10.8. The van der Waals surface area contributed by atoms with Crippen molar-refractivity contribution in [2.24, 2.45) is 5.41 Å². The molecule has 1 heterocycles. The van der Waals surface area contributed by atoms with Crippen molar-refractivity contribution < 1.29 is 9.59 Å². The zero-order chi connectivity index (χ0) is 19.3. The maximum atomic E-state index is 12.4. The molecule has 0 aliphatic carbocycles. The van der Waals surface area contributed by atoms with Crippen molar-refractivity contribution >= 4 is 29.1 Å². The molecular formula is C21H36N2O2S. The highest BCUT2D eigenvalue weighted by atomic mass is 32.1. The Balaban J connectivity index is 2.16. The summed E-state index contributed by atoms with van der Waals surface area (Å²) >= 11 is 4.89. The maximum Gasteiger partial charge on any atom is 0.242 e. The summed E-state index contributed by atoms with van der Waals surface area (Å²) in [5.74, 6) is -0.566. The van der Waals surface area contributed by atoms with Crippen LogP contribution in [0.5, 0.6) is 0 Å². The van der Waals surface area contributed by atoms with Crippen molar-refractivity contribution in [3.05, 3.63) is 12.7 Å². The van der Waals surface area contributed by atoms with Gasteiger partial charge in [0.25, 0.3) is 0 Å². The minimum absolute atomic E-state index is 0.106. The molecular weight excluding hydrogens is 344 g/mol. The first-order valence-electron chi connectivity index (χ1n) is 10.3. The number of unbranched alkanes of at least 4 members (excludes halogenated alkanes) is 11. The Labute approximate surface area is 164 Å². The van der Waals surface area contributed by atoms with Gasteiger partial charge in [-0.05, 0) is 25.1 Å². The maximum absolute atomic E-state index is 12.4. The zero-order valence-corrected chi connectivity index (χ0v) is 17.2. The molecule has 0 radical (unpaired) electrons. The second-order valence-electron chi connectivity index (χ2n) is 7.45. The lowest BCUT2D eigenvalue weighted by Crippen LogP contribution is -2.62. The van der Waals surface area contributed by atoms with Crippen molar-refractivity contribution in [3.63, 3.8) is 0 Å². The van der Waals surface area contributed by atoms with Crippen LogP contribution in [-0.4, -0.2) is 16.9 Å². The number of carbonyl (C=O) groups excluding carboxylic acids is 2. The number of carbonyl (C=O) groups is 2. The number of nitrogens with one attached hydrogen (secondary N) is 2. The van der Waals surface area contributed by atoms with Gasteiger partial charge in [-0.3, -0.25) is 9.59 Å². The average molecular weight is 381 g/mol. The molecule has 0 unspecified atom stereocenters. The van der Waals surface area contributed by atoms with Gasteiger partial charge in [-0.1, -0.05) is 90.0 Å². The van der Waals surface area contributed by atoms with Gasteiger partial charge in [-0.25, -0.2) is 0 Å². The van der Waals surface area contributed by atoms with Gasteiger partial charge in [0.1, 0.15) is 5.41 Å². The molecule has 148 valence electrons. The molecule has 0 aromatic rings. The Morgan fingerprint density at radius 1 is 0.846 bits per heavy atom. The molecule has 5 heteroatoms. The fourth-order valence-electron chi connectivity index (χ4n) is 3.61. The smallest absolute Gasteiger partial charge is 0.242 e. The molecule has 0 spiro atoms. The van der Waals surface area contributed by atoms with Crippen LogP contribution >= 0.6 is 12.2 Å². The average Bonchev–Trinajstić information content (AvgIpc) is 2.60. The standard InChI is InChI=1S/C21H36N2O2S/c1-3-5-6-7-8-9-10-11-12-13-14-15-17-21(16-4-2)18(24)22-20(26)23-19(21)25/h4H,2-3,5-17H2,1H3,(H2,22,23,24,25,26). The van der Waals surface area contributed by atoms with E-state index in [-0.39, 0.29) is 16.9 Å². The van der Waals surface area contributed by atoms with E-state index in [1.807, 2.05) is 0 Å². The van der Waals surface area contributed by atoms with E-state index in [1.54, 1.807) is 6.08 Å². The van der Waals surface area contributed by atoms with Crippen LogP contribution in [0.15, 0.2) is 12.7 Å². The third kappa shape index (κ3) is 7.56. The summed E-state index contributed by atoms with van der Waals surface area (Å²) in [5.41, 5.74) is -1.04. The molecule has 26 heavy (non-hydrogen) atoms. The van der Waals surface area contributed by atoms with Crippen LogP contribution in [0.2, 0.25) is 0 Å². The molecule has 1 aliphatic rings. The summed E-state index contributed by atoms with van der Waals surface area (Å²) in [6.07, 6.45) is 17.7. The number of allylic oxidation sites excluding steroid dienone is 1. The summed E-state index contributed by atoms with van der Waals surface area (Å²) in [4.78, 5) is 24.7. The van der Waals surface area contributed by atoms with E-state index in [2.05, 4.69) is 24.1 Å². The van der Waals surface area contributed by atoms with E-state index in [9.17, 15) is 9.59 Å². The second kappa shape index (κ2) is 13.0. The number of hydrogen-bond acceptors (Lipinski definition) is 3. The summed E-state index contributed by atoms with van der Waals surface area (Å²) in [6.45, 7) is 5.96. The van der Waals surface area contributed by atoms with Crippen molar-refractivity contribution in [1.82, 2.24) is 10.6 Å². The van der Waals surface area contributed by atoms with Crippen LogP contribution < -0.4 is 10.6 Å². The monoisotopic (exact) mass is 380 g/mol. The number of hydrogen-bond donors (Lipinski definition) is 2. The molecule has 0 bridgehead atoms. The molecule has 0 aromatic heterocycles. The van der Waals surface area contributed by atoms with Crippen LogP contribution in [0.1, 0.15) is 96.8 Å². The summed E-state index contributed by atoms with van der Waals surface area (Å²) in [7, 11) is 0. The van der Waals surface area contributed by atoms with Crippen LogP contribution in [0.25, 0.3) is 0 Å². The Hall–Kier alpha value is -1.23. The Morgan fingerprint density at radius 3 is 1.69 bits per heavy atom. The normalized spacial score (nSPS) is 16.3. The zero-order valence-electron chi connectivity index (χ0n) is 16.4. The van der Waals surface area contributed by atoms with Gasteiger partial charge in [0.2, 0.25) is 11.8 Å². The highest BCUT2D eigenvalue weighted by Crippen LogP contribution is 2.32. The molecule has 1 rings (SSSR count). The van der Waals surface area contributed by atoms with E-state index in [0.717, 1.165) is 12.8 Å². The van der Waals surface area contributed by atoms with E-state index in [1.165, 1.54) is 64.2 Å². The lowest BCUT2D eigenvalue weighted by molar-refractivity contribution is -0.144. The first-order chi connectivity index (χ1) is 12.6. The van der Waals surface area contributed by atoms with Crippen LogP contribution in [0, 0.1) is 5.41 Å². The SMILES string of the molecule is C=CCC1(CCCCCCCCCCCCCC)C(=O)NC(=S)NC1=O. The summed E-state index contributed by atoms with van der Waals surface area (Å²) in [5, 5.41) is 5.29. The van der Waals surface area contributed by atoms with Crippen molar-refractivity contribution in [2.75, 3.05) is 0 Å². The lowest BCUT2D eigenvalue weighted by atomic mass is 9.76. The molecule has 1 aliphatic heterocycles. The Bertz CT molecular complexity index is 457. The van der Waals surface area contributed by atoms with Crippen molar-refractivity contribution in [1.29, 1.82) is 0 Å². The van der Waals surface area contributed by atoms with Gasteiger partial charge in [-0.2, -0.15) is 0 Å². The van der Waals surface area contributed by atoms with Gasteiger partial charge in [0.15, 0.2) is 5.11 Å². The third-order valence-electron chi connectivity index (χ3n) is 5.27. The minimum Gasteiger partial charge on any atom is -0.302 e. The van der Waals surface area contributed by atoms with Crippen LogP contribution in [0.4, 0.5) is 0 Å². The molecule has 2 amide bonds. The number of rotatable bonds is 15. The Kier molecular flexibility index (Phi) is 11.4. The lowest BCUT2D eigenvalue weighted by Gasteiger charge is -2.34. The van der Waals surface area contributed by atoms with Crippen LogP contribution in [0.3, 0.4) is 0 Å². The van der Waals surface area contributed by atoms with E-state index < -0.39 is 5.41 Å². The molecule has 0 aromatic carbocycles. The summed E-state index contributed by atoms with van der Waals surface area (Å²) < 4.78 is 0. The number of amides is 2. The van der Waals surface area contributed by atoms with E-state index in [4.69, 9.17) is 12.2 Å². The highest BCUT2D eigenvalue weighted by Gasteiger charge is 2.47. The number of thiocarbonyl (C=S) groups is 1.